The summed E-state index contributed by atoms with van der Waals surface area (Å²) in [6.07, 6.45) is 3.20. The van der Waals surface area contributed by atoms with Crippen molar-refractivity contribution in [2.24, 2.45) is 0 Å². The fourth-order valence-electron chi connectivity index (χ4n) is 1.28. The molecule has 84 valence electrons. The van der Waals surface area contributed by atoms with Crippen LogP contribution in [0.4, 0.5) is 0 Å². The predicted molar refractivity (Wildman–Crippen MR) is 58.3 cm³/mol. The summed E-state index contributed by atoms with van der Waals surface area (Å²) < 4.78 is 5.52. The number of rotatable bonds is 6. The van der Waals surface area contributed by atoms with Gasteiger partial charge in [0.15, 0.2) is 0 Å². The zero-order chi connectivity index (χ0) is 11.3. The zero-order valence-corrected chi connectivity index (χ0v) is 9.71. The molecule has 0 spiro atoms. The summed E-state index contributed by atoms with van der Waals surface area (Å²) in [5.74, 6) is -0.925. The summed E-state index contributed by atoms with van der Waals surface area (Å²) in [5.41, 5.74) is 0. The van der Waals surface area contributed by atoms with Crippen molar-refractivity contribution in [3.05, 3.63) is 16.1 Å². The van der Waals surface area contributed by atoms with E-state index in [4.69, 9.17) is 9.84 Å². The van der Waals surface area contributed by atoms with E-state index in [1.165, 1.54) is 17.5 Å². The highest BCUT2D eigenvalue weighted by Crippen LogP contribution is 2.26. The van der Waals surface area contributed by atoms with Crippen LogP contribution in [0.15, 0.2) is 6.20 Å². The first-order chi connectivity index (χ1) is 7.19. The van der Waals surface area contributed by atoms with E-state index in [0.717, 1.165) is 17.8 Å². The van der Waals surface area contributed by atoms with Crippen LogP contribution in [-0.4, -0.2) is 22.7 Å². The van der Waals surface area contributed by atoms with Crippen LogP contribution in [0, 0.1) is 0 Å². The number of carboxylic acid groups (broad SMARTS) is 1. The summed E-state index contributed by atoms with van der Waals surface area (Å²) in [4.78, 5) is 15.0. The Bertz CT molecular complexity index is 318. The number of aromatic nitrogens is 1. The van der Waals surface area contributed by atoms with Crippen LogP contribution in [0.25, 0.3) is 0 Å². The molecule has 1 aromatic heterocycles. The van der Waals surface area contributed by atoms with Gasteiger partial charge in [-0.15, -0.1) is 11.3 Å². The van der Waals surface area contributed by atoms with Crippen molar-refractivity contribution in [1.29, 1.82) is 0 Å². The van der Waals surface area contributed by atoms with Gasteiger partial charge >= 0.3 is 5.97 Å². The normalized spacial score (nSPS) is 12.7. The molecule has 0 bridgehead atoms. The maximum atomic E-state index is 10.7. The Morgan fingerprint density at radius 2 is 2.40 bits per heavy atom. The van der Waals surface area contributed by atoms with Crippen LogP contribution in [0.1, 0.15) is 47.5 Å². The lowest BCUT2D eigenvalue weighted by Crippen LogP contribution is -2.03. The largest absolute Gasteiger partial charge is 0.477 e. The van der Waals surface area contributed by atoms with Gasteiger partial charge in [0.1, 0.15) is 16.0 Å². The van der Waals surface area contributed by atoms with Gasteiger partial charge in [-0.25, -0.2) is 9.78 Å². The zero-order valence-electron chi connectivity index (χ0n) is 8.90. The van der Waals surface area contributed by atoms with Crippen LogP contribution in [0.5, 0.6) is 0 Å². The molecule has 0 fully saturated rings. The number of aromatic carboxylic acids is 1. The van der Waals surface area contributed by atoms with E-state index >= 15 is 0 Å². The van der Waals surface area contributed by atoms with E-state index in [2.05, 4.69) is 11.9 Å². The van der Waals surface area contributed by atoms with Crippen molar-refractivity contribution in [2.75, 3.05) is 6.61 Å². The Morgan fingerprint density at radius 3 is 2.87 bits per heavy atom. The quantitative estimate of drug-likeness (QED) is 0.814. The van der Waals surface area contributed by atoms with Crippen LogP contribution in [0.2, 0.25) is 0 Å². The van der Waals surface area contributed by atoms with Crippen molar-refractivity contribution >= 4 is 17.3 Å². The molecule has 0 aliphatic carbocycles. The molecule has 4 nitrogen and oxygen atoms in total. The monoisotopic (exact) mass is 229 g/mol. The standard InChI is InChI=1S/C10H15NO3S/c1-3-5-7(14-4-2)9-11-6-8(15-9)10(12)13/h6-7H,3-5H2,1-2H3,(H,12,13). The third kappa shape index (κ3) is 3.28. The van der Waals surface area contributed by atoms with Crippen LogP contribution in [-0.2, 0) is 4.74 Å². The highest BCUT2D eigenvalue weighted by Gasteiger charge is 2.17. The van der Waals surface area contributed by atoms with Crippen molar-refractivity contribution in [3.8, 4) is 0 Å². The molecule has 0 aliphatic rings. The lowest BCUT2D eigenvalue weighted by atomic mass is 10.2. The summed E-state index contributed by atoms with van der Waals surface area (Å²) >= 11 is 1.19. The van der Waals surface area contributed by atoms with E-state index in [1.54, 1.807) is 0 Å². The highest BCUT2D eigenvalue weighted by atomic mass is 32.1. The first kappa shape index (κ1) is 12.1. The van der Waals surface area contributed by atoms with E-state index < -0.39 is 5.97 Å². The topological polar surface area (TPSA) is 59.4 Å². The molecular weight excluding hydrogens is 214 g/mol. The van der Waals surface area contributed by atoms with Gasteiger partial charge in [-0.05, 0) is 13.3 Å². The molecule has 0 saturated heterocycles. The average molecular weight is 229 g/mol. The molecule has 1 unspecified atom stereocenters. The Morgan fingerprint density at radius 1 is 1.67 bits per heavy atom. The summed E-state index contributed by atoms with van der Waals surface area (Å²) in [5, 5.41) is 9.53. The number of hydrogen-bond acceptors (Lipinski definition) is 4. The Kier molecular flexibility index (Phi) is 4.71. The number of carboxylic acids is 1. The third-order valence-electron chi connectivity index (χ3n) is 1.93. The fraction of sp³-hybridized carbons (Fsp3) is 0.600. The Labute approximate surface area is 92.9 Å². The smallest absolute Gasteiger partial charge is 0.347 e. The lowest BCUT2D eigenvalue weighted by Gasteiger charge is -2.12. The SMILES string of the molecule is CCCC(OCC)c1ncc(C(=O)O)s1. The maximum Gasteiger partial charge on any atom is 0.347 e. The second-order valence-electron chi connectivity index (χ2n) is 3.10. The average Bonchev–Trinajstić information content (AvgIpc) is 2.66. The van der Waals surface area contributed by atoms with E-state index in [9.17, 15) is 4.79 Å². The molecular formula is C10H15NO3S. The molecule has 0 aromatic carbocycles. The van der Waals surface area contributed by atoms with Gasteiger partial charge in [-0.2, -0.15) is 0 Å². The number of hydrogen-bond donors (Lipinski definition) is 1. The first-order valence-electron chi connectivity index (χ1n) is 4.99. The minimum Gasteiger partial charge on any atom is -0.477 e. The molecule has 5 heteroatoms. The second-order valence-corrected chi connectivity index (χ2v) is 4.16. The molecule has 0 amide bonds. The van der Waals surface area contributed by atoms with Crippen molar-refractivity contribution < 1.29 is 14.6 Å². The highest BCUT2D eigenvalue weighted by molar-refractivity contribution is 7.13. The van der Waals surface area contributed by atoms with Crippen molar-refractivity contribution in [3.63, 3.8) is 0 Å². The predicted octanol–water partition coefficient (Wildman–Crippen LogP) is 2.72. The Hall–Kier alpha value is -0.940. The van der Waals surface area contributed by atoms with E-state index in [1.807, 2.05) is 6.92 Å². The number of thiazole rings is 1. The molecule has 15 heavy (non-hydrogen) atoms. The van der Waals surface area contributed by atoms with E-state index in [-0.39, 0.29) is 11.0 Å². The third-order valence-corrected chi connectivity index (χ3v) is 3.01. The summed E-state index contributed by atoms with van der Waals surface area (Å²) in [6.45, 7) is 4.61. The minimum absolute atomic E-state index is 0.0573. The second kappa shape index (κ2) is 5.82. The number of ether oxygens (including phenoxy) is 1. The van der Waals surface area contributed by atoms with Gasteiger partial charge in [0.25, 0.3) is 0 Å². The molecule has 0 saturated carbocycles. The van der Waals surface area contributed by atoms with E-state index in [0.29, 0.717) is 6.61 Å². The lowest BCUT2D eigenvalue weighted by molar-refractivity contribution is 0.0555. The van der Waals surface area contributed by atoms with Gasteiger partial charge in [0.05, 0.1) is 6.20 Å². The summed E-state index contributed by atoms with van der Waals surface area (Å²) in [6, 6.07) is 0. The molecule has 1 atom stereocenters. The van der Waals surface area contributed by atoms with Crippen molar-refractivity contribution in [1.82, 2.24) is 4.98 Å². The summed E-state index contributed by atoms with van der Waals surface area (Å²) in [7, 11) is 0. The van der Waals surface area contributed by atoms with Crippen LogP contribution >= 0.6 is 11.3 Å². The number of nitrogens with zero attached hydrogens (tertiary/aromatic N) is 1. The van der Waals surface area contributed by atoms with Gasteiger partial charge in [-0.3, -0.25) is 0 Å². The van der Waals surface area contributed by atoms with Crippen LogP contribution < -0.4 is 0 Å². The van der Waals surface area contributed by atoms with Gasteiger partial charge in [0, 0.05) is 6.61 Å². The van der Waals surface area contributed by atoms with Gasteiger partial charge < -0.3 is 9.84 Å². The molecule has 0 aliphatic heterocycles. The van der Waals surface area contributed by atoms with Crippen LogP contribution in [0.3, 0.4) is 0 Å². The van der Waals surface area contributed by atoms with Gasteiger partial charge in [0.2, 0.25) is 0 Å². The van der Waals surface area contributed by atoms with Crippen molar-refractivity contribution in [2.45, 2.75) is 32.8 Å². The minimum atomic E-state index is -0.925. The molecule has 1 heterocycles. The molecule has 1 aromatic rings. The molecule has 1 rings (SSSR count). The fourth-order valence-corrected chi connectivity index (χ4v) is 2.12. The number of carbonyl (C=O) groups is 1. The maximum absolute atomic E-state index is 10.7. The molecule has 1 N–H and O–H groups in total. The Balaban J connectivity index is 2.76. The molecule has 0 radical (unpaired) electrons. The first-order valence-corrected chi connectivity index (χ1v) is 5.81. The van der Waals surface area contributed by atoms with Gasteiger partial charge in [-0.1, -0.05) is 13.3 Å².